The molecule has 0 heterocycles. The molecule has 0 radical (unpaired) electrons. The molecule has 0 aromatic heterocycles. The molecule has 0 aliphatic rings. The highest BCUT2D eigenvalue weighted by molar-refractivity contribution is 7.47. The predicted molar refractivity (Wildman–Crippen MR) is 251 cm³/mol. The predicted octanol–water partition coefficient (Wildman–Crippen LogP) is 10.6. The number of ether oxygens (including phenoxy) is 2. The van der Waals surface area contributed by atoms with Crippen molar-refractivity contribution >= 4 is 19.8 Å². The fourth-order valence-electron chi connectivity index (χ4n) is 7.05. The second-order valence-electron chi connectivity index (χ2n) is 17.2. The smallest absolute Gasteiger partial charge is 0.462 e. The van der Waals surface area contributed by atoms with Crippen LogP contribution >= 0.6 is 7.82 Å². The molecule has 0 amide bonds. The third-order valence-electron chi connectivity index (χ3n) is 11.2. The number of hydrogen-bond acceptors (Lipinski definition) is 12. The average molecular weight is 921 g/mol. The van der Waals surface area contributed by atoms with Gasteiger partial charge in [0.25, 0.3) is 0 Å². The number of aliphatic hydroxyl groups excluding tert-OH is 5. The van der Waals surface area contributed by atoms with Crippen LogP contribution < -0.4 is 0 Å². The lowest BCUT2D eigenvalue weighted by molar-refractivity contribution is -0.161. The number of rotatable bonds is 47. The van der Waals surface area contributed by atoms with Crippen molar-refractivity contribution in [3.63, 3.8) is 0 Å². The first-order chi connectivity index (χ1) is 30.5. The van der Waals surface area contributed by atoms with Crippen molar-refractivity contribution in [3.8, 4) is 0 Å². The van der Waals surface area contributed by atoms with Gasteiger partial charge < -0.3 is 39.9 Å². The quantitative estimate of drug-likeness (QED) is 0.0145. The van der Waals surface area contributed by atoms with E-state index in [0.29, 0.717) is 12.8 Å². The Labute approximate surface area is 382 Å². The summed E-state index contributed by atoms with van der Waals surface area (Å²) in [5.74, 6) is -1.05. The van der Waals surface area contributed by atoms with E-state index in [1.165, 1.54) is 122 Å². The molecule has 63 heavy (non-hydrogen) atoms. The summed E-state index contributed by atoms with van der Waals surface area (Å²) in [6, 6.07) is 0. The van der Waals surface area contributed by atoms with Gasteiger partial charge in [-0.05, 0) is 64.2 Å². The number of phosphoric ester groups is 1. The lowest BCUT2D eigenvalue weighted by Gasteiger charge is -2.26. The van der Waals surface area contributed by atoms with Gasteiger partial charge in [0.05, 0.1) is 19.8 Å². The molecular formula is C49H93O13P. The molecule has 0 saturated carbocycles. The zero-order chi connectivity index (χ0) is 46.7. The maximum absolute atomic E-state index is 12.8. The number of carbonyl (C=O) groups excluding carboxylic acids is 2. The highest BCUT2D eigenvalue weighted by Gasteiger charge is 2.33. The zero-order valence-corrected chi connectivity index (χ0v) is 40.5. The van der Waals surface area contributed by atoms with Gasteiger partial charge in [-0.15, -0.1) is 0 Å². The number of aliphatic hydroxyl groups is 5. The molecular weight excluding hydrogens is 827 g/mol. The van der Waals surface area contributed by atoms with E-state index in [-0.39, 0.29) is 12.8 Å². The Hall–Kier alpha value is -1.67. The molecule has 0 spiro atoms. The lowest BCUT2D eigenvalue weighted by atomic mass is 10.0. The van der Waals surface area contributed by atoms with Gasteiger partial charge in [-0.2, -0.15) is 0 Å². The van der Waals surface area contributed by atoms with Crippen LogP contribution in [0.25, 0.3) is 0 Å². The van der Waals surface area contributed by atoms with Gasteiger partial charge in [0.15, 0.2) is 6.10 Å². The maximum atomic E-state index is 12.8. The number of phosphoric acid groups is 1. The molecule has 0 saturated heterocycles. The van der Waals surface area contributed by atoms with Crippen LogP contribution in [0.1, 0.15) is 219 Å². The highest BCUT2D eigenvalue weighted by atomic mass is 31.2. The topological polar surface area (TPSA) is 210 Å². The van der Waals surface area contributed by atoms with Gasteiger partial charge in [-0.3, -0.25) is 18.6 Å². The summed E-state index contributed by atoms with van der Waals surface area (Å²) in [6.45, 7) is 1.54. The van der Waals surface area contributed by atoms with Crippen molar-refractivity contribution in [1.82, 2.24) is 0 Å². The maximum Gasteiger partial charge on any atom is 0.472 e. The van der Waals surface area contributed by atoms with Crippen molar-refractivity contribution in [2.75, 3.05) is 26.4 Å². The lowest BCUT2D eigenvalue weighted by Crippen LogP contribution is -2.47. The van der Waals surface area contributed by atoms with Crippen molar-refractivity contribution in [2.24, 2.45) is 0 Å². The zero-order valence-electron chi connectivity index (χ0n) is 39.6. The van der Waals surface area contributed by atoms with E-state index >= 15 is 0 Å². The van der Waals surface area contributed by atoms with Crippen LogP contribution in [-0.4, -0.2) is 99.3 Å². The van der Waals surface area contributed by atoms with Crippen molar-refractivity contribution in [1.29, 1.82) is 0 Å². The Morgan fingerprint density at radius 2 is 0.825 bits per heavy atom. The molecule has 14 heteroatoms. The molecule has 0 rings (SSSR count). The Bertz CT molecular complexity index is 1150. The van der Waals surface area contributed by atoms with E-state index in [9.17, 15) is 39.5 Å². The molecule has 0 fully saturated rings. The van der Waals surface area contributed by atoms with Crippen LogP contribution in [0.4, 0.5) is 0 Å². The van der Waals surface area contributed by atoms with Gasteiger partial charge in [-0.25, -0.2) is 4.57 Å². The summed E-state index contributed by atoms with van der Waals surface area (Å²) >= 11 is 0. The first kappa shape index (κ1) is 61.3. The van der Waals surface area contributed by atoms with Gasteiger partial charge in [0.1, 0.15) is 31.0 Å². The monoisotopic (exact) mass is 921 g/mol. The van der Waals surface area contributed by atoms with E-state index in [2.05, 4.69) is 38.2 Å². The van der Waals surface area contributed by atoms with Crippen LogP contribution in [0.5, 0.6) is 0 Å². The molecule has 0 aliphatic carbocycles. The number of allylic oxidation sites excluding steroid dienone is 4. The van der Waals surface area contributed by atoms with E-state index in [1.807, 2.05) is 0 Å². The Kier molecular flexibility index (Phi) is 43.0. The second kappa shape index (κ2) is 44.2. The molecule has 6 atom stereocenters. The van der Waals surface area contributed by atoms with Gasteiger partial charge in [0.2, 0.25) is 0 Å². The van der Waals surface area contributed by atoms with E-state index < -0.39 is 76.7 Å². The number of hydrogen-bond donors (Lipinski definition) is 6. The van der Waals surface area contributed by atoms with Crippen LogP contribution in [0, 0.1) is 0 Å². The van der Waals surface area contributed by atoms with E-state index in [1.54, 1.807) is 0 Å². The third-order valence-corrected chi connectivity index (χ3v) is 12.1. The standard InChI is InChI=1S/C49H93O13P/c1-3-5-7-9-11-13-15-17-19-21-23-25-27-29-31-33-35-37-46(53)59-40-43(41-60-63(57,58)61-42-45(52)49(56)48(55)44(51)39-50)62-47(54)38-36-34-32-30-28-26-24-22-20-18-16-14-12-10-8-6-4-2/h15-18,43-45,48-52,55-56H,3-14,19-42H2,1-2H3,(H,57,58)/b17-15?,18-16-/t43-,44-,45-,48-,49-/m1/s1. The summed E-state index contributed by atoms with van der Waals surface area (Å²) in [6.07, 6.45) is 35.3. The van der Waals surface area contributed by atoms with Gasteiger partial charge in [-0.1, -0.05) is 167 Å². The van der Waals surface area contributed by atoms with Crippen LogP contribution in [0.3, 0.4) is 0 Å². The summed E-state index contributed by atoms with van der Waals surface area (Å²) in [5.41, 5.74) is 0. The van der Waals surface area contributed by atoms with E-state index in [0.717, 1.165) is 57.8 Å². The van der Waals surface area contributed by atoms with Crippen molar-refractivity contribution in [3.05, 3.63) is 24.3 Å². The minimum absolute atomic E-state index is 0.116. The summed E-state index contributed by atoms with van der Waals surface area (Å²) < 4.78 is 33.1. The molecule has 372 valence electrons. The molecule has 13 nitrogen and oxygen atoms in total. The average Bonchev–Trinajstić information content (AvgIpc) is 3.27. The fourth-order valence-corrected chi connectivity index (χ4v) is 7.82. The molecule has 1 unspecified atom stereocenters. The van der Waals surface area contributed by atoms with Crippen LogP contribution in [0.15, 0.2) is 24.3 Å². The minimum atomic E-state index is -4.90. The van der Waals surface area contributed by atoms with E-state index in [4.69, 9.17) is 23.6 Å². The normalized spacial score (nSPS) is 15.4. The summed E-state index contributed by atoms with van der Waals surface area (Å²) in [7, 11) is -4.90. The second-order valence-corrected chi connectivity index (χ2v) is 18.7. The third kappa shape index (κ3) is 40.3. The first-order valence-electron chi connectivity index (χ1n) is 25.1. The highest BCUT2D eigenvalue weighted by Crippen LogP contribution is 2.43. The molecule has 6 N–H and O–H groups in total. The number of esters is 2. The van der Waals surface area contributed by atoms with Crippen LogP contribution in [0.2, 0.25) is 0 Å². The van der Waals surface area contributed by atoms with Crippen LogP contribution in [-0.2, 0) is 32.7 Å². The van der Waals surface area contributed by atoms with Crippen molar-refractivity contribution < 1.29 is 63.1 Å². The van der Waals surface area contributed by atoms with Gasteiger partial charge >= 0.3 is 19.8 Å². The van der Waals surface area contributed by atoms with Gasteiger partial charge in [0, 0.05) is 12.8 Å². The molecule has 0 aromatic carbocycles. The number of carbonyl (C=O) groups is 2. The Balaban J connectivity index is 4.57. The SMILES string of the molecule is CCCCCCCC=CCCCCCCCCCCC(=O)OC[C@H](COP(=O)(O)OC[C@@H](O)[C@@H](O)[C@H](O)[C@H](O)CO)OC(=O)CCCCCCCCCC/C=C\CCCCCCC. The largest absolute Gasteiger partial charge is 0.472 e. The van der Waals surface area contributed by atoms with Crippen molar-refractivity contribution in [2.45, 2.75) is 250 Å². The molecule has 0 aliphatic heterocycles. The summed E-state index contributed by atoms with van der Waals surface area (Å²) in [5, 5.41) is 48.2. The molecule has 0 bridgehead atoms. The first-order valence-corrected chi connectivity index (χ1v) is 26.6. The summed E-state index contributed by atoms with van der Waals surface area (Å²) in [4.78, 5) is 35.5. The minimum Gasteiger partial charge on any atom is -0.462 e. The number of unbranched alkanes of at least 4 members (excludes halogenated alkanes) is 26. The Morgan fingerprint density at radius 1 is 0.476 bits per heavy atom. The fraction of sp³-hybridized carbons (Fsp3) is 0.878. The molecule has 0 aromatic rings. The Morgan fingerprint density at radius 3 is 1.24 bits per heavy atom.